The molecule has 17 heavy (non-hydrogen) atoms. The van der Waals surface area contributed by atoms with Crippen LogP contribution in [0.3, 0.4) is 0 Å². The number of fused-ring (bicyclic) bond motifs is 3. The van der Waals surface area contributed by atoms with E-state index in [-0.39, 0.29) is 0 Å². The first-order valence-electron chi connectivity index (χ1n) is 6.52. The van der Waals surface area contributed by atoms with Gasteiger partial charge >= 0.3 is 0 Å². The van der Waals surface area contributed by atoms with Crippen molar-refractivity contribution in [2.45, 2.75) is 33.6 Å². The Morgan fingerprint density at radius 2 is 2.00 bits per heavy atom. The minimum absolute atomic E-state index is 0.782. The molecule has 0 aliphatic carbocycles. The second kappa shape index (κ2) is 3.98. The number of allylic oxidation sites excluding steroid dienone is 1. The SMILES string of the molecule is C/C(=C1/CN2CCC1CC2)c1onc(C)c1C. The summed E-state index contributed by atoms with van der Waals surface area (Å²) in [5, 5.41) is 4.07. The Bertz CT molecular complexity index is 465. The molecule has 3 nitrogen and oxygen atoms in total. The van der Waals surface area contributed by atoms with Gasteiger partial charge in [0, 0.05) is 12.1 Å². The molecule has 1 aromatic rings. The molecule has 0 atom stereocenters. The van der Waals surface area contributed by atoms with Crippen molar-refractivity contribution in [3.63, 3.8) is 0 Å². The Hall–Kier alpha value is -1.09. The minimum atomic E-state index is 0.782. The van der Waals surface area contributed by atoms with Gasteiger partial charge in [0.15, 0.2) is 5.76 Å². The third kappa shape index (κ3) is 1.73. The summed E-state index contributed by atoms with van der Waals surface area (Å²) in [6, 6.07) is 0. The molecule has 3 fully saturated rings. The van der Waals surface area contributed by atoms with E-state index in [0.29, 0.717) is 0 Å². The van der Waals surface area contributed by atoms with E-state index < -0.39 is 0 Å². The molecule has 3 aliphatic rings. The number of piperidine rings is 3. The number of hydrogen-bond donors (Lipinski definition) is 0. The molecule has 1 aromatic heterocycles. The molecule has 0 aromatic carbocycles. The van der Waals surface area contributed by atoms with Gasteiger partial charge in [0.1, 0.15) is 0 Å². The summed E-state index contributed by atoms with van der Waals surface area (Å²) >= 11 is 0. The highest BCUT2D eigenvalue weighted by molar-refractivity contribution is 5.66. The van der Waals surface area contributed by atoms with E-state index in [0.717, 1.165) is 23.9 Å². The van der Waals surface area contributed by atoms with Gasteiger partial charge in [0.25, 0.3) is 0 Å². The molecule has 0 radical (unpaired) electrons. The van der Waals surface area contributed by atoms with E-state index in [1.807, 2.05) is 6.92 Å². The van der Waals surface area contributed by atoms with Gasteiger partial charge in [-0.3, -0.25) is 4.90 Å². The molecule has 4 heterocycles. The fourth-order valence-electron chi connectivity index (χ4n) is 3.15. The zero-order valence-electron chi connectivity index (χ0n) is 10.9. The Labute approximate surface area is 102 Å². The minimum Gasteiger partial charge on any atom is -0.356 e. The summed E-state index contributed by atoms with van der Waals surface area (Å²) in [5.74, 6) is 1.79. The van der Waals surface area contributed by atoms with Crippen LogP contribution in [0.4, 0.5) is 0 Å². The average Bonchev–Trinajstić information content (AvgIpc) is 2.71. The molecule has 92 valence electrons. The fourth-order valence-corrected chi connectivity index (χ4v) is 3.15. The topological polar surface area (TPSA) is 29.3 Å². The molecule has 2 bridgehead atoms. The van der Waals surface area contributed by atoms with Gasteiger partial charge in [0.05, 0.1) is 5.69 Å². The summed E-state index contributed by atoms with van der Waals surface area (Å²) in [5.41, 5.74) is 5.13. The maximum atomic E-state index is 5.49. The predicted molar refractivity (Wildman–Crippen MR) is 67.7 cm³/mol. The van der Waals surface area contributed by atoms with Gasteiger partial charge in [-0.05, 0) is 63.8 Å². The molecule has 0 amide bonds. The van der Waals surface area contributed by atoms with Crippen molar-refractivity contribution in [2.24, 2.45) is 5.92 Å². The second-order valence-electron chi connectivity index (χ2n) is 5.42. The first kappa shape index (κ1) is 11.0. The average molecular weight is 232 g/mol. The van der Waals surface area contributed by atoms with Crippen LogP contribution >= 0.6 is 0 Å². The molecule has 3 saturated heterocycles. The Morgan fingerprint density at radius 1 is 1.29 bits per heavy atom. The summed E-state index contributed by atoms with van der Waals surface area (Å²) in [6.45, 7) is 9.99. The lowest BCUT2D eigenvalue weighted by atomic mass is 9.81. The van der Waals surface area contributed by atoms with Crippen LogP contribution in [0.2, 0.25) is 0 Å². The van der Waals surface area contributed by atoms with Crippen LogP contribution in [0.15, 0.2) is 10.1 Å². The van der Waals surface area contributed by atoms with E-state index in [2.05, 4.69) is 23.9 Å². The third-order valence-electron chi connectivity index (χ3n) is 4.45. The van der Waals surface area contributed by atoms with Gasteiger partial charge in [-0.25, -0.2) is 0 Å². The lowest BCUT2D eigenvalue weighted by molar-refractivity contribution is 0.162. The number of aryl methyl sites for hydroxylation is 1. The normalized spacial score (nSPS) is 30.8. The predicted octanol–water partition coefficient (Wildman–Crippen LogP) is 2.79. The Morgan fingerprint density at radius 3 is 2.47 bits per heavy atom. The monoisotopic (exact) mass is 232 g/mol. The number of hydrogen-bond acceptors (Lipinski definition) is 3. The van der Waals surface area contributed by atoms with Crippen LogP contribution in [-0.4, -0.2) is 29.7 Å². The van der Waals surface area contributed by atoms with Crippen molar-refractivity contribution in [1.29, 1.82) is 0 Å². The summed E-state index contributed by atoms with van der Waals surface area (Å²) in [4.78, 5) is 2.55. The van der Waals surface area contributed by atoms with Gasteiger partial charge in [-0.1, -0.05) is 5.16 Å². The zero-order chi connectivity index (χ0) is 12.0. The highest BCUT2D eigenvalue weighted by atomic mass is 16.5. The second-order valence-corrected chi connectivity index (χ2v) is 5.42. The van der Waals surface area contributed by atoms with Crippen molar-refractivity contribution in [1.82, 2.24) is 10.1 Å². The van der Waals surface area contributed by atoms with Crippen molar-refractivity contribution in [3.8, 4) is 0 Å². The van der Waals surface area contributed by atoms with Gasteiger partial charge < -0.3 is 4.52 Å². The number of nitrogens with zero attached hydrogens (tertiary/aromatic N) is 2. The quantitative estimate of drug-likeness (QED) is 0.745. The molecule has 4 rings (SSSR count). The molecular formula is C14H20N2O. The Kier molecular flexibility index (Phi) is 2.58. The van der Waals surface area contributed by atoms with Crippen LogP contribution in [0, 0.1) is 19.8 Å². The molecule has 0 N–H and O–H groups in total. The molecular weight excluding hydrogens is 212 g/mol. The molecule has 3 heteroatoms. The van der Waals surface area contributed by atoms with Crippen LogP contribution in [0.1, 0.15) is 36.8 Å². The third-order valence-corrected chi connectivity index (χ3v) is 4.45. The summed E-state index contributed by atoms with van der Waals surface area (Å²) in [6.07, 6.45) is 2.64. The largest absolute Gasteiger partial charge is 0.356 e. The highest BCUT2D eigenvalue weighted by Crippen LogP contribution is 2.37. The molecule has 0 unspecified atom stereocenters. The number of aromatic nitrogens is 1. The lowest BCUT2D eigenvalue weighted by Gasteiger charge is -2.41. The fraction of sp³-hybridized carbons (Fsp3) is 0.643. The van der Waals surface area contributed by atoms with Crippen molar-refractivity contribution >= 4 is 5.57 Å². The van der Waals surface area contributed by atoms with Crippen molar-refractivity contribution in [2.75, 3.05) is 19.6 Å². The van der Waals surface area contributed by atoms with E-state index in [1.54, 1.807) is 5.57 Å². The first-order chi connectivity index (χ1) is 8.16. The highest BCUT2D eigenvalue weighted by Gasteiger charge is 2.31. The molecule has 0 saturated carbocycles. The van der Waals surface area contributed by atoms with Crippen molar-refractivity contribution in [3.05, 3.63) is 22.6 Å². The van der Waals surface area contributed by atoms with Gasteiger partial charge in [0.2, 0.25) is 0 Å². The maximum absolute atomic E-state index is 5.49. The van der Waals surface area contributed by atoms with E-state index in [9.17, 15) is 0 Å². The smallest absolute Gasteiger partial charge is 0.165 e. The van der Waals surface area contributed by atoms with Crippen LogP contribution in [0.25, 0.3) is 5.57 Å². The zero-order valence-corrected chi connectivity index (χ0v) is 10.9. The summed E-state index contributed by atoms with van der Waals surface area (Å²) < 4.78 is 5.49. The van der Waals surface area contributed by atoms with Gasteiger partial charge in [-0.2, -0.15) is 0 Å². The van der Waals surface area contributed by atoms with Crippen molar-refractivity contribution < 1.29 is 4.52 Å². The standard InChI is InChI=1S/C14H20N2O/c1-9-11(3)15-17-14(9)10(2)13-8-16-6-4-12(13)5-7-16/h12H,4-8H2,1-3H3/b13-10+. The molecule has 0 spiro atoms. The van der Waals surface area contributed by atoms with Crippen LogP contribution in [-0.2, 0) is 0 Å². The van der Waals surface area contributed by atoms with Gasteiger partial charge in [-0.15, -0.1) is 0 Å². The molecule has 3 aliphatic heterocycles. The van der Waals surface area contributed by atoms with Crippen LogP contribution in [0.5, 0.6) is 0 Å². The van der Waals surface area contributed by atoms with E-state index in [1.165, 1.54) is 37.1 Å². The van der Waals surface area contributed by atoms with E-state index in [4.69, 9.17) is 4.52 Å². The van der Waals surface area contributed by atoms with Crippen LogP contribution < -0.4 is 0 Å². The lowest BCUT2D eigenvalue weighted by Crippen LogP contribution is -2.43. The Balaban J connectivity index is 2.00. The first-order valence-corrected chi connectivity index (χ1v) is 6.52. The van der Waals surface area contributed by atoms with E-state index >= 15 is 0 Å². The summed E-state index contributed by atoms with van der Waals surface area (Å²) in [7, 11) is 0. The maximum Gasteiger partial charge on any atom is 0.165 e. The number of rotatable bonds is 1.